The molecule has 0 saturated carbocycles. The van der Waals surface area contributed by atoms with Crippen molar-refractivity contribution < 1.29 is 0 Å². The van der Waals surface area contributed by atoms with Crippen LogP contribution >= 0.6 is 0 Å². The lowest BCUT2D eigenvalue weighted by molar-refractivity contribution is 0.473. The molecule has 0 bridgehead atoms. The van der Waals surface area contributed by atoms with Crippen molar-refractivity contribution in [2.45, 2.75) is 71.3 Å². The van der Waals surface area contributed by atoms with Gasteiger partial charge in [0.1, 0.15) is 0 Å². The average Bonchev–Trinajstić information content (AvgIpc) is 2.74. The van der Waals surface area contributed by atoms with Crippen LogP contribution in [0.5, 0.6) is 0 Å². The number of rotatable bonds is 10. The first-order chi connectivity index (χ1) is 9.20. The molecular formula is C15H30N4. The summed E-state index contributed by atoms with van der Waals surface area (Å²) in [5.74, 6) is 5.68. The van der Waals surface area contributed by atoms with Crippen molar-refractivity contribution in [2.24, 2.45) is 12.9 Å². The molecule has 4 heteroatoms. The van der Waals surface area contributed by atoms with Crippen molar-refractivity contribution in [3.63, 3.8) is 0 Å². The number of nitrogens with zero attached hydrogens (tertiary/aromatic N) is 2. The van der Waals surface area contributed by atoms with Crippen LogP contribution in [0.15, 0.2) is 6.20 Å². The number of hydrogen-bond acceptors (Lipinski definition) is 3. The summed E-state index contributed by atoms with van der Waals surface area (Å²) in [6, 6.07) is 0.240. The molecular weight excluding hydrogens is 236 g/mol. The Kier molecular flexibility index (Phi) is 7.75. The van der Waals surface area contributed by atoms with Gasteiger partial charge in [-0.2, -0.15) is 5.10 Å². The molecule has 1 rings (SSSR count). The maximum atomic E-state index is 5.68. The monoisotopic (exact) mass is 266 g/mol. The maximum absolute atomic E-state index is 5.68. The first-order valence-corrected chi connectivity index (χ1v) is 7.65. The van der Waals surface area contributed by atoms with Crippen molar-refractivity contribution >= 4 is 0 Å². The zero-order chi connectivity index (χ0) is 14.1. The smallest absolute Gasteiger partial charge is 0.0540 e. The van der Waals surface area contributed by atoms with Crippen molar-refractivity contribution in [1.29, 1.82) is 0 Å². The van der Waals surface area contributed by atoms with Crippen LogP contribution < -0.4 is 11.3 Å². The summed E-state index contributed by atoms with van der Waals surface area (Å²) in [6.07, 6.45) is 12.4. The topological polar surface area (TPSA) is 55.9 Å². The summed E-state index contributed by atoms with van der Waals surface area (Å²) in [7, 11) is 1.97. The van der Waals surface area contributed by atoms with Crippen LogP contribution in [0.3, 0.4) is 0 Å². The van der Waals surface area contributed by atoms with E-state index in [9.17, 15) is 0 Å². The van der Waals surface area contributed by atoms with Crippen LogP contribution in [0.2, 0.25) is 0 Å². The molecule has 0 saturated heterocycles. The number of unbranched alkanes of at least 4 members (excludes halogenated alkanes) is 6. The standard InChI is InChI=1S/C15H30N4/c1-4-5-6-7-8-9-10-11-15(18-16)14-12-17-19(3)13(14)2/h12,15,18H,4-11,16H2,1-3H3. The molecule has 1 aromatic heterocycles. The first-order valence-electron chi connectivity index (χ1n) is 7.65. The Bertz CT molecular complexity index is 346. The minimum Gasteiger partial charge on any atom is -0.273 e. The van der Waals surface area contributed by atoms with E-state index >= 15 is 0 Å². The van der Waals surface area contributed by atoms with Crippen molar-refractivity contribution in [3.8, 4) is 0 Å². The Morgan fingerprint density at radius 1 is 1.21 bits per heavy atom. The van der Waals surface area contributed by atoms with E-state index in [1.54, 1.807) is 0 Å². The van der Waals surface area contributed by atoms with E-state index in [2.05, 4.69) is 24.4 Å². The van der Waals surface area contributed by atoms with Crippen LogP contribution in [-0.2, 0) is 7.05 Å². The summed E-state index contributed by atoms with van der Waals surface area (Å²) in [4.78, 5) is 0. The van der Waals surface area contributed by atoms with Gasteiger partial charge in [-0.25, -0.2) is 0 Å². The lowest BCUT2D eigenvalue weighted by atomic mass is 10.0. The third-order valence-electron chi connectivity index (χ3n) is 3.95. The molecule has 0 aliphatic heterocycles. The van der Waals surface area contributed by atoms with Gasteiger partial charge in [-0.15, -0.1) is 0 Å². The highest BCUT2D eigenvalue weighted by molar-refractivity contribution is 5.20. The second-order valence-corrected chi connectivity index (χ2v) is 5.44. The SMILES string of the molecule is CCCCCCCCCC(NN)c1cnn(C)c1C. The molecule has 0 aliphatic rings. The zero-order valence-electron chi connectivity index (χ0n) is 12.8. The summed E-state index contributed by atoms with van der Waals surface area (Å²) in [5.41, 5.74) is 5.36. The van der Waals surface area contributed by atoms with Gasteiger partial charge in [0.05, 0.1) is 6.20 Å². The lowest BCUT2D eigenvalue weighted by Gasteiger charge is -2.15. The molecule has 110 valence electrons. The molecule has 0 amide bonds. The van der Waals surface area contributed by atoms with Crippen molar-refractivity contribution in [1.82, 2.24) is 15.2 Å². The highest BCUT2D eigenvalue weighted by Gasteiger charge is 2.14. The van der Waals surface area contributed by atoms with Crippen LogP contribution in [0.4, 0.5) is 0 Å². The van der Waals surface area contributed by atoms with Gasteiger partial charge in [0.2, 0.25) is 0 Å². The molecule has 4 nitrogen and oxygen atoms in total. The fraction of sp³-hybridized carbons (Fsp3) is 0.800. The van der Waals surface area contributed by atoms with Gasteiger partial charge in [0.25, 0.3) is 0 Å². The van der Waals surface area contributed by atoms with Gasteiger partial charge in [0, 0.05) is 24.3 Å². The van der Waals surface area contributed by atoms with E-state index in [1.807, 2.05) is 17.9 Å². The van der Waals surface area contributed by atoms with Gasteiger partial charge < -0.3 is 0 Å². The molecule has 19 heavy (non-hydrogen) atoms. The Morgan fingerprint density at radius 2 is 1.84 bits per heavy atom. The summed E-state index contributed by atoms with van der Waals surface area (Å²) >= 11 is 0. The van der Waals surface area contributed by atoms with E-state index in [1.165, 1.54) is 56.2 Å². The first kappa shape index (κ1) is 16.2. The Morgan fingerprint density at radius 3 is 2.37 bits per heavy atom. The third kappa shape index (κ3) is 5.33. The number of aryl methyl sites for hydroxylation is 1. The molecule has 1 heterocycles. The Balaban J connectivity index is 2.24. The van der Waals surface area contributed by atoms with E-state index in [4.69, 9.17) is 5.84 Å². The number of nitrogens with two attached hydrogens (primary N) is 1. The number of hydrogen-bond donors (Lipinski definition) is 2. The van der Waals surface area contributed by atoms with Gasteiger partial charge in [-0.3, -0.25) is 16.0 Å². The number of nitrogens with one attached hydrogen (secondary N) is 1. The maximum Gasteiger partial charge on any atom is 0.0540 e. The van der Waals surface area contributed by atoms with Crippen LogP contribution in [0.1, 0.15) is 75.6 Å². The van der Waals surface area contributed by atoms with E-state index in [-0.39, 0.29) is 6.04 Å². The molecule has 3 N–H and O–H groups in total. The summed E-state index contributed by atoms with van der Waals surface area (Å²) < 4.78 is 1.91. The van der Waals surface area contributed by atoms with Gasteiger partial charge in [-0.1, -0.05) is 51.9 Å². The van der Waals surface area contributed by atoms with Crippen LogP contribution in [-0.4, -0.2) is 9.78 Å². The lowest BCUT2D eigenvalue weighted by Crippen LogP contribution is -2.28. The zero-order valence-corrected chi connectivity index (χ0v) is 12.8. The van der Waals surface area contributed by atoms with Crippen LogP contribution in [0.25, 0.3) is 0 Å². The molecule has 0 aromatic carbocycles. The molecule has 0 aliphatic carbocycles. The second kappa shape index (κ2) is 9.10. The fourth-order valence-electron chi connectivity index (χ4n) is 2.49. The van der Waals surface area contributed by atoms with Gasteiger partial charge >= 0.3 is 0 Å². The molecule has 0 radical (unpaired) electrons. The van der Waals surface area contributed by atoms with Gasteiger partial charge in [-0.05, 0) is 13.3 Å². The fourth-order valence-corrected chi connectivity index (χ4v) is 2.49. The summed E-state index contributed by atoms with van der Waals surface area (Å²) in [6.45, 7) is 4.35. The Hall–Kier alpha value is -0.870. The predicted octanol–water partition coefficient (Wildman–Crippen LogP) is 3.37. The predicted molar refractivity (Wildman–Crippen MR) is 80.6 cm³/mol. The van der Waals surface area contributed by atoms with E-state index in [0.29, 0.717) is 0 Å². The minimum absolute atomic E-state index is 0.240. The second-order valence-electron chi connectivity index (χ2n) is 5.44. The normalized spacial score (nSPS) is 12.8. The van der Waals surface area contributed by atoms with E-state index in [0.717, 1.165) is 6.42 Å². The number of hydrazine groups is 1. The third-order valence-corrected chi connectivity index (χ3v) is 3.95. The highest BCUT2D eigenvalue weighted by atomic mass is 15.3. The minimum atomic E-state index is 0.240. The van der Waals surface area contributed by atoms with Gasteiger partial charge in [0.15, 0.2) is 0 Å². The molecule has 0 fully saturated rings. The van der Waals surface area contributed by atoms with Crippen molar-refractivity contribution in [3.05, 3.63) is 17.5 Å². The highest BCUT2D eigenvalue weighted by Crippen LogP contribution is 2.22. The van der Waals surface area contributed by atoms with Crippen molar-refractivity contribution in [2.75, 3.05) is 0 Å². The van der Waals surface area contributed by atoms with Crippen LogP contribution in [0, 0.1) is 6.92 Å². The largest absolute Gasteiger partial charge is 0.273 e. The molecule has 1 unspecified atom stereocenters. The summed E-state index contributed by atoms with van der Waals surface area (Å²) in [5, 5.41) is 4.28. The molecule has 0 spiro atoms. The molecule has 1 aromatic rings. The number of aromatic nitrogens is 2. The molecule has 1 atom stereocenters. The van der Waals surface area contributed by atoms with E-state index < -0.39 is 0 Å². The average molecular weight is 266 g/mol. The Labute approximate surface area is 117 Å². The quantitative estimate of drug-likeness (QED) is 0.388.